The number of hydrogen-bond acceptors (Lipinski definition) is 5. The smallest absolute Gasteiger partial charge is 0.347 e. The fourth-order valence-electron chi connectivity index (χ4n) is 3.06. The Bertz CT molecular complexity index is 1180. The summed E-state index contributed by atoms with van der Waals surface area (Å²) < 4.78 is 28.6. The van der Waals surface area contributed by atoms with Crippen molar-refractivity contribution in [3.63, 3.8) is 0 Å². The van der Waals surface area contributed by atoms with Crippen LogP contribution in [0.4, 0.5) is 8.78 Å². The highest BCUT2D eigenvalue weighted by Gasteiger charge is 2.21. The van der Waals surface area contributed by atoms with Gasteiger partial charge in [-0.2, -0.15) is 19.0 Å². The van der Waals surface area contributed by atoms with Crippen LogP contribution in [0.15, 0.2) is 30.7 Å². The number of hydrogen-bond donors (Lipinski definition) is 1. The number of alkyl halides is 2. The van der Waals surface area contributed by atoms with E-state index in [1.807, 2.05) is 6.07 Å². The Kier molecular flexibility index (Phi) is 3.99. The number of aryl methyl sites for hydroxylation is 1. The van der Waals surface area contributed by atoms with Crippen LogP contribution in [0.25, 0.3) is 27.2 Å². The maximum Gasteiger partial charge on any atom is 0.347 e. The minimum Gasteiger partial charge on any atom is -0.477 e. The highest BCUT2D eigenvalue weighted by Crippen LogP contribution is 2.34. The molecule has 0 atom stereocenters. The zero-order chi connectivity index (χ0) is 19.3. The quantitative estimate of drug-likeness (QED) is 0.570. The summed E-state index contributed by atoms with van der Waals surface area (Å²) in [6.45, 7) is 0.545. The molecule has 7 nitrogen and oxygen atoms in total. The lowest BCUT2D eigenvalue weighted by Gasteiger charge is -2.04. The second kappa shape index (κ2) is 6.23. The van der Waals surface area contributed by atoms with Crippen LogP contribution in [0.1, 0.15) is 27.6 Å². The van der Waals surface area contributed by atoms with Crippen molar-refractivity contribution >= 4 is 22.8 Å². The van der Waals surface area contributed by atoms with Gasteiger partial charge in [0.15, 0.2) is 0 Å². The number of rotatable bonds is 4. The van der Waals surface area contributed by atoms with Gasteiger partial charge in [0.2, 0.25) is 0 Å². The van der Waals surface area contributed by atoms with E-state index in [-0.39, 0.29) is 4.88 Å². The van der Waals surface area contributed by atoms with Crippen molar-refractivity contribution in [1.82, 2.24) is 24.4 Å². The average molecular weight is 389 g/mol. The zero-order valence-electron chi connectivity index (χ0n) is 14.2. The molecule has 1 N–H and O–H groups in total. The van der Waals surface area contributed by atoms with Gasteiger partial charge in [-0.15, -0.1) is 11.3 Å². The lowest BCUT2D eigenvalue weighted by Crippen LogP contribution is -2.02. The summed E-state index contributed by atoms with van der Waals surface area (Å²) in [6.07, 6.45) is 4.64. The maximum atomic E-state index is 13.2. The predicted octanol–water partition coefficient (Wildman–Crippen LogP) is 4.03. The third kappa shape index (κ3) is 2.78. The molecule has 27 heavy (non-hydrogen) atoms. The first kappa shape index (κ1) is 17.3. The van der Waals surface area contributed by atoms with Gasteiger partial charge < -0.3 is 5.11 Å². The predicted molar refractivity (Wildman–Crippen MR) is 95.2 cm³/mol. The minimum atomic E-state index is -2.72. The molecule has 0 saturated heterocycles. The summed E-state index contributed by atoms with van der Waals surface area (Å²) in [4.78, 5) is 15.4. The van der Waals surface area contributed by atoms with Gasteiger partial charge in [0, 0.05) is 28.6 Å². The second-order valence-electron chi connectivity index (χ2n) is 5.91. The van der Waals surface area contributed by atoms with Crippen LogP contribution >= 0.6 is 11.3 Å². The first-order valence-electron chi connectivity index (χ1n) is 7.88. The number of pyridine rings is 1. The fraction of sp³-hybridized carbons (Fsp3) is 0.176. The highest BCUT2D eigenvalue weighted by molar-refractivity contribution is 7.16. The van der Waals surface area contributed by atoms with Crippen LogP contribution in [0.5, 0.6) is 0 Å². The Morgan fingerprint density at radius 3 is 2.70 bits per heavy atom. The van der Waals surface area contributed by atoms with Gasteiger partial charge in [0.1, 0.15) is 9.88 Å². The Morgan fingerprint density at radius 1 is 1.30 bits per heavy atom. The van der Waals surface area contributed by atoms with Crippen molar-refractivity contribution in [3.8, 4) is 21.7 Å². The lowest BCUT2D eigenvalue weighted by molar-refractivity contribution is 0.0541. The minimum absolute atomic E-state index is 0.142. The molecule has 0 saturated carbocycles. The number of halogens is 2. The SMILES string of the molecule is Cc1nn(C(F)F)c(C)c1-c1cnn2ccc(-c3ncc(C(=O)O)s3)cc12. The Hall–Kier alpha value is -3.14. The van der Waals surface area contributed by atoms with Crippen LogP contribution < -0.4 is 0 Å². The van der Waals surface area contributed by atoms with Gasteiger partial charge >= 0.3 is 12.5 Å². The Morgan fingerprint density at radius 2 is 2.07 bits per heavy atom. The van der Waals surface area contributed by atoms with E-state index in [1.54, 1.807) is 36.8 Å². The summed E-state index contributed by atoms with van der Waals surface area (Å²) in [5, 5.41) is 17.8. The van der Waals surface area contributed by atoms with Crippen LogP contribution in [0, 0.1) is 13.8 Å². The Balaban J connectivity index is 1.87. The summed E-state index contributed by atoms with van der Waals surface area (Å²) in [5.74, 6) is -1.03. The normalized spacial score (nSPS) is 11.6. The first-order chi connectivity index (χ1) is 12.9. The van der Waals surface area contributed by atoms with Gasteiger partial charge in [-0.1, -0.05) is 0 Å². The summed E-state index contributed by atoms with van der Waals surface area (Å²) in [6, 6.07) is 3.59. The van der Waals surface area contributed by atoms with E-state index in [0.717, 1.165) is 16.9 Å². The van der Waals surface area contributed by atoms with Crippen molar-refractivity contribution in [3.05, 3.63) is 47.0 Å². The fourth-order valence-corrected chi connectivity index (χ4v) is 3.81. The number of aromatic nitrogens is 5. The van der Waals surface area contributed by atoms with Gasteiger partial charge in [-0.25, -0.2) is 19.0 Å². The van der Waals surface area contributed by atoms with Gasteiger partial charge in [-0.05, 0) is 26.0 Å². The summed E-state index contributed by atoms with van der Waals surface area (Å²) >= 11 is 1.07. The number of aromatic carboxylic acids is 1. The molecule has 4 aromatic rings. The van der Waals surface area contributed by atoms with E-state index in [1.165, 1.54) is 6.20 Å². The van der Waals surface area contributed by atoms with E-state index in [4.69, 9.17) is 5.11 Å². The number of nitrogens with zero attached hydrogens (tertiary/aromatic N) is 5. The molecule has 138 valence electrons. The number of carbonyl (C=O) groups is 1. The van der Waals surface area contributed by atoms with E-state index in [9.17, 15) is 13.6 Å². The van der Waals surface area contributed by atoms with Crippen LogP contribution in [-0.4, -0.2) is 35.5 Å². The third-order valence-corrected chi connectivity index (χ3v) is 5.30. The van der Waals surface area contributed by atoms with E-state index in [0.29, 0.717) is 37.7 Å². The molecule has 4 rings (SSSR count). The number of thiazole rings is 1. The van der Waals surface area contributed by atoms with Crippen molar-refractivity contribution in [2.45, 2.75) is 20.4 Å². The molecule has 0 aliphatic heterocycles. The standard InChI is InChI=1S/C17H13F2N5O2S/c1-8-14(9(2)24(22-8)17(18)19)11-6-21-23-4-3-10(5-12(11)23)15-20-7-13(27-15)16(25)26/h3-7,17H,1-2H3,(H,25,26). The number of fused-ring (bicyclic) bond motifs is 1. The molecule has 10 heteroatoms. The first-order valence-corrected chi connectivity index (χ1v) is 8.69. The largest absolute Gasteiger partial charge is 0.477 e. The topological polar surface area (TPSA) is 85.3 Å². The molecule has 4 heterocycles. The molecule has 0 aromatic carbocycles. The van der Waals surface area contributed by atoms with E-state index < -0.39 is 12.5 Å². The van der Waals surface area contributed by atoms with Gasteiger partial charge in [0.05, 0.1) is 23.6 Å². The molecule has 0 fully saturated rings. The highest BCUT2D eigenvalue weighted by atomic mass is 32.1. The maximum absolute atomic E-state index is 13.2. The molecule has 0 aliphatic rings. The number of carboxylic acids is 1. The van der Waals surface area contributed by atoms with Crippen molar-refractivity contribution in [2.24, 2.45) is 0 Å². The molecular weight excluding hydrogens is 376 g/mol. The zero-order valence-corrected chi connectivity index (χ0v) is 15.0. The molecule has 0 bridgehead atoms. The monoisotopic (exact) mass is 389 g/mol. The Labute approximate surface area is 155 Å². The summed E-state index contributed by atoms with van der Waals surface area (Å²) in [5.41, 5.74) is 3.53. The molecule has 0 radical (unpaired) electrons. The molecule has 0 spiro atoms. The second-order valence-corrected chi connectivity index (χ2v) is 6.94. The molecule has 4 aromatic heterocycles. The number of carboxylic acid groups (broad SMARTS) is 1. The van der Waals surface area contributed by atoms with Gasteiger partial charge in [-0.3, -0.25) is 0 Å². The molecular formula is C17H13F2N5O2S. The lowest BCUT2D eigenvalue weighted by atomic mass is 10.0. The summed E-state index contributed by atoms with van der Waals surface area (Å²) in [7, 11) is 0. The third-order valence-electron chi connectivity index (χ3n) is 4.26. The van der Waals surface area contributed by atoms with Crippen LogP contribution in [-0.2, 0) is 0 Å². The molecule has 0 aliphatic carbocycles. The van der Waals surface area contributed by atoms with Crippen molar-refractivity contribution in [2.75, 3.05) is 0 Å². The van der Waals surface area contributed by atoms with Crippen LogP contribution in [0.3, 0.4) is 0 Å². The van der Waals surface area contributed by atoms with E-state index in [2.05, 4.69) is 15.2 Å². The molecule has 0 unspecified atom stereocenters. The molecule has 0 amide bonds. The van der Waals surface area contributed by atoms with Gasteiger partial charge in [0.25, 0.3) is 0 Å². The average Bonchev–Trinajstić information content (AvgIpc) is 3.32. The van der Waals surface area contributed by atoms with E-state index >= 15 is 0 Å². The van der Waals surface area contributed by atoms with Crippen molar-refractivity contribution < 1.29 is 18.7 Å². The van der Waals surface area contributed by atoms with Crippen molar-refractivity contribution in [1.29, 1.82) is 0 Å². The van der Waals surface area contributed by atoms with Crippen LogP contribution in [0.2, 0.25) is 0 Å².